The van der Waals surface area contributed by atoms with Crippen molar-refractivity contribution in [3.63, 3.8) is 0 Å². The third-order valence-corrected chi connectivity index (χ3v) is 6.70. The molecule has 0 aliphatic heterocycles. The van der Waals surface area contributed by atoms with Crippen LogP contribution in [0.25, 0.3) is 11.1 Å². The van der Waals surface area contributed by atoms with Crippen LogP contribution >= 0.6 is 0 Å². The lowest BCUT2D eigenvalue weighted by Crippen LogP contribution is -2.27. The maximum absolute atomic E-state index is 13.2. The molecule has 198 valence electrons. The highest BCUT2D eigenvalue weighted by atomic mass is 16.5. The van der Waals surface area contributed by atoms with E-state index in [1.54, 1.807) is 0 Å². The van der Waals surface area contributed by atoms with Crippen molar-refractivity contribution in [2.75, 3.05) is 52.5 Å². The van der Waals surface area contributed by atoms with Crippen molar-refractivity contribution in [1.82, 2.24) is 9.80 Å². The highest BCUT2D eigenvalue weighted by Crippen LogP contribution is 2.39. The average molecular weight is 495 g/mol. The molecule has 3 rings (SSSR count). The van der Waals surface area contributed by atoms with Crippen LogP contribution in [0.2, 0.25) is 0 Å². The second kappa shape index (κ2) is 15.0. The van der Waals surface area contributed by atoms with Gasteiger partial charge in [-0.15, -0.1) is 0 Å². The summed E-state index contributed by atoms with van der Waals surface area (Å²) in [5.41, 5.74) is 3.43. The van der Waals surface area contributed by atoms with Crippen molar-refractivity contribution < 1.29 is 14.3 Å². The third kappa shape index (κ3) is 7.81. The van der Waals surface area contributed by atoms with Crippen molar-refractivity contribution in [2.24, 2.45) is 0 Å². The SMILES string of the molecule is CCCN(CCC)CCCOc1ccc2c(c1)C(=O)c1cc(OCCCN(CCC)CCC)ccc1-2. The molecule has 2 aromatic carbocycles. The Bertz CT molecular complexity index is 871. The molecule has 0 N–H and O–H groups in total. The molecule has 0 amide bonds. The van der Waals surface area contributed by atoms with Gasteiger partial charge < -0.3 is 19.3 Å². The van der Waals surface area contributed by atoms with E-state index in [1.165, 1.54) is 25.7 Å². The van der Waals surface area contributed by atoms with Gasteiger partial charge in [0.1, 0.15) is 11.5 Å². The monoisotopic (exact) mass is 494 g/mol. The molecule has 5 heteroatoms. The van der Waals surface area contributed by atoms with Gasteiger partial charge >= 0.3 is 0 Å². The molecule has 0 saturated heterocycles. The van der Waals surface area contributed by atoms with E-state index in [9.17, 15) is 4.79 Å². The van der Waals surface area contributed by atoms with E-state index in [4.69, 9.17) is 9.47 Å². The lowest BCUT2D eigenvalue weighted by molar-refractivity contribution is 0.104. The van der Waals surface area contributed by atoms with E-state index >= 15 is 0 Å². The Morgan fingerprint density at radius 3 is 1.31 bits per heavy atom. The summed E-state index contributed by atoms with van der Waals surface area (Å²) in [5, 5.41) is 0. The average Bonchev–Trinajstić information content (AvgIpc) is 3.15. The Kier molecular flexibility index (Phi) is 11.8. The topological polar surface area (TPSA) is 42.0 Å². The molecule has 0 fully saturated rings. The van der Waals surface area contributed by atoms with Gasteiger partial charge in [-0.25, -0.2) is 0 Å². The van der Waals surface area contributed by atoms with E-state index in [-0.39, 0.29) is 5.78 Å². The first-order chi connectivity index (χ1) is 17.6. The molecule has 36 heavy (non-hydrogen) atoms. The first kappa shape index (κ1) is 28.2. The Balaban J connectivity index is 1.52. The summed E-state index contributed by atoms with van der Waals surface area (Å²) in [6.45, 7) is 16.9. The van der Waals surface area contributed by atoms with Crippen LogP contribution in [0.1, 0.15) is 82.1 Å². The zero-order valence-corrected chi connectivity index (χ0v) is 23.0. The molecule has 5 nitrogen and oxygen atoms in total. The number of ether oxygens (including phenoxy) is 2. The second-order valence-electron chi connectivity index (χ2n) is 9.83. The van der Waals surface area contributed by atoms with Crippen molar-refractivity contribution >= 4 is 5.78 Å². The van der Waals surface area contributed by atoms with E-state index in [2.05, 4.69) is 37.5 Å². The highest BCUT2D eigenvalue weighted by Gasteiger charge is 2.27. The minimum atomic E-state index is 0.0602. The van der Waals surface area contributed by atoms with Crippen molar-refractivity contribution in [2.45, 2.75) is 66.2 Å². The standard InChI is InChI=1S/C31H46N2O3/c1-5-15-32(16-6-2)19-9-21-35-25-11-13-27-28-14-12-26(24-30(28)31(34)29(27)23-25)36-22-10-20-33(17-7-3)18-8-4/h11-14,23-24H,5-10,15-22H2,1-4H3. The zero-order valence-electron chi connectivity index (χ0n) is 23.0. The van der Waals surface area contributed by atoms with Crippen LogP contribution in [0.4, 0.5) is 0 Å². The van der Waals surface area contributed by atoms with Gasteiger partial charge in [0.15, 0.2) is 5.78 Å². The number of carbonyl (C=O) groups excluding carboxylic acids is 1. The Morgan fingerprint density at radius 1 is 0.556 bits per heavy atom. The van der Waals surface area contributed by atoms with Gasteiger partial charge in [-0.05, 0) is 112 Å². The van der Waals surface area contributed by atoms with Gasteiger partial charge in [-0.1, -0.05) is 27.7 Å². The number of ketones is 1. The van der Waals surface area contributed by atoms with E-state index < -0.39 is 0 Å². The van der Waals surface area contributed by atoms with Crippen LogP contribution < -0.4 is 9.47 Å². The van der Waals surface area contributed by atoms with Crippen molar-refractivity contribution in [3.8, 4) is 22.6 Å². The number of hydrogen-bond acceptors (Lipinski definition) is 5. The fourth-order valence-corrected chi connectivity index (χ4v) is 5.11. The summed E-state index contributed by atoms with van der Waals surface area (Å²) in [4.78, 5) is 18.2. The summed E-state index contributed by atoms with van der Waals surface area (Å²) < 4.78 is 12.0. The Hall–Kier alpha value is -2.37. The predicted octanol–water partition coefficient (Wildman–Crippen LogP) is 6.68. The number of benzene rings is 2. The minimum absolute atomic E-state index is 0.0602. The van der Waals surface area contributed by atoms with Gasteiger partial charge in [0, 0.05) is 24.2 Å². The number of fused-ring (bicyclic) bond motifs is 3. The molecule has 0 heterocycles. The van der Waals surface area contributed by atoms with Crippen molar-refractivity contribution in [1.29, 1.82) is 0 Å². The number of hydrogen-bond donors (Lipinski definition) is 0. The molecular formula is C31H46N2O3. The normalized spacial score (nSPS) is 12.3. The molecule has 1 aliphatic carbocycles. The highest BCUT2D eigenvalue weighted by molar-refractivity contribution is 6.22. The maximum Gasteiger partial charge on any atom is 0.194 e. The summed E-state index contributed by atoms with van der Waals surface area (Å²) in [6.07, 6.45) is 6.69. The van der Waals surface area contributed by atoms with E-state index in [0.717, 1.165) is 85.9 Å². The molecule has 0 atom stereocenters. The summed E-state index contributed by atoms with van der Waals surface area (Å²) >= 11 is 0. The molecule has 2 aromatic rings. The third-order valence-electron chi connectivity index (χ3n) is 6.70. The van der Waals surface area contributed by atoms with Gasteiger partial charge in [0.2, 0.25) is 0 Å². The van der Waals surface area contributed by atoms with E-state index in [0.29, 0.717) is 13.2 Å². The van der Waals surface area contributed by atoms with Crippen LogP contribution in [0.15, 0.2) is 36.4 Å². The Morgan fingerprint density at radius 2 is 0.944 bits per heavy atom. The quantitative estimate of drug-likeness (QED) is 0.185. The smallest absolute Gasteiger partial charge is 0.194 e. The van der Waals surface area contributed by atoms with Gasteiger partial charge in [0.25, 0.3) is 0 Å². The first-order valence-electron chi connectivity index (χ1n) is 14.1. The molecule has 0 aromatic heterocycles. The summed E-state index contributed by atoms with van der Waals surface area (Å²) in [6, 6.07) is 11.8. The lowest BCUT2D eigenvalue weighted by Gasteiger charge is -2.20. The van der Waals surface area contributed by atoms with Crippen LogP contribution in [0.3, 0.4) is 0 Å². The minimum Gasteiger partial charge on any atom is -0.494 e. The molecule has 0 saturated carbocycles. The fourth-order valence-electron chi connectivity index (χ4n) is 5.11. The summed E-state index contributed by atoms with van der Waals surface area (Å²) in [7, 11) is 0. The van der Waals surface area contributed by atoms with Crippen LogP contribution in [-0.2, 0) is 0 Å². The van der Waals surface area contributed by atoms with Crippen LogP contribution in [-0.4, -0.2) is 68.1 Å². The largest absolute Gasteiger partial charge is 0.494 e. The first-order valence-corrected chi connectivity index (χ1v) is 14.1. The number of rotatable bonds is 18. The van der Waals surface area contributed by atoms with Crippen LogP contribution in [0, 0.1) is 0 Å². The number of carbonyl (C=O) groups is 1. The zero-order chi connectivity index (χ0) is 25.8. The predicted molar refractivity (Wildman–Crippen MR) is 150 cm³/mol. The van der Waals surface area contributed by atoms with Gasteiger partial charge in [-0.2, -0.15) is 0 Å². The Labute approximate surface area is 218 Å². The molecule has 0 radical (unpaired) electrons. The molecule has 0 spiro atoms. The maximum atomic E-state index is 13.2. The van der Waals surface area contributed by atoms with Crippen LogP contribution in [0.5, 0.6) is 11.5 Å². The molecule has 1 aliphatic rings. The second-order valence-corrected chi connectivity index (χ2v) is 9.83. The van der Waals surface area contributed by atoms with Crippen molar-refractivity contribution in [3.05, 3.63) is 47.5 Å². The molecule has 0 bridgehead atoms. The van der Waals surface area contributed by atoms with Gasteiger partial charge in [0.05, 0.1) is 13.2 Å². The fraction of sp³-hybridized carbons (Fsp3) is 0.581. The van der Waals surface area contributed by atoms with Gasteiger partial charge in [-0.3, -0.25) is 4.79 Å². The summed E-state index contributed by atoms with van der Waals surface area (Å²) in [5.74, 6) is 1.60. The molecule has 0 unspecified atom stereocenters. The van der Waals surface area contributed by atoms with E-state index in [1.807, 2.05) is 36.4 Å². The molecular weight excluding hydrogens is 448 g/mol. The number of nitrogens with zero attached hydrogens (tertiary/aromatic N) is 2. The lowest BCUT2D eigenvalue weighted by atomic mass is 10.1.